The Morgan fingerprint density at radius 2 is 1.67 bits per heavy atom. The summed E-state index contributed by atoms with van der Waals surface area (Å²) >= 11 is 0. The van der Waals surface area contributed by atoms with Gasteiger partial charge in [0.15, 0.2) is 11.5 Å². The van der Waals surface area contributed by atoms with Gasteiger partial charge in [-0.15, -0.1) is 0 Å². The number of rotatable bonds is 3. The number of ether oxygens (including phenoxy) is 3. The van der Waals surface area contributed by atoms with Gasteiger partial charge in [-0.25, -0.2) is 0 Å². The maximum atomic E-state index is 8.94. The molecule has 0 bridgehead atoms. The highest BCUT2D eigenvalue weighted by Crippen LogP contribution is 2.43. The summed E-state index contributed by atoms with van der Waals surface area (Å²) < 4.78 is 16.0. The lowest BCUT2D eigenvalue weighted by Crippen LogP contribution is -1.96. The van der Waals surface area contributed by atoms with E-state index in [0.29, 0.717) is 22.8 Å². The summed E-state index contributed by atoms with van der Waals surface area (Å²) in [5.41, 5.74) is 0.577. The maximum absolute atomic E-state index is 8.94. The summed E-state index contributed by atoms with van der Waals surface area (Å²) in [4.78, 5) is 0. The summed E-state index contributed by atoms with van der Waals surface area (Å²) in [5, 5.41) is 10.7. The lowest BCUT2D eigenvalue weighted by molar-refractivity contribution is 0.327. The quantitative estimate of drug-likeness (QED) is 0.831. The van der Waals surface area contributed by atoms with Crippen molar-refractivity contribution in [2.24, 2.45) is 0 Å². The van der Waals surface area contributed by atoms with Crippen LogP contribution in [-0.2, 0) is 0 Å². The van der Waals surface area contributed by atoms with E-state index in [2.05, 4.69) is 6.07 Å². The molecule has 0 saturated carbocycles. The molecule has 18 heavy (non-hydrogen) atoms. The summed E-state index contributed by atoms with van der Waals surface area (Å²) in [6.45, 7) is 0. The summed E-state index contributed by atoms with van der Waals surface area (Å²) in [6, 6.07) is 9.36. The Hall–Kier alpha value is -2.41. The third-order valence-electron chi connectivity index (χ3n) is 2.77. The van der Waals surface area contributed by atoms with Crippen LogP contribution in [0.25, 0.3) is 10.8 Å². The van der Waals surface area contributed by atoms with Crippen molar-refractivity contribution in [3.63, 3.8) is 0 Å². The van der Waals surface area contributed by atoms with E-state index in [-0.39, 0.29) is 0 Å². The second-order valence-electron chi connectivity index (χ2n) is 3.69. The van der Waals surface area contributed by atoms with Gasteiger partial charge in [-0.1, -0.05) is 6.07 Å². The topological polar surface area (TPSA) is 51.5 Å². The van der Waals surface area contributed by atoms with E-state index in [1.165, 1.54) is 0 Å². The number of benzene rings is 2. The first-order valence-electron chi connectivity index (χ1n) is 5.38. The van der Waals surface area contributed by atoms with Gasteiger partial charge in [0, 0.05) is 5.39 Å². The number of hydrogen-bond donors (Lipinski definition) is 0. The monoisotopic (exact) mass is 243 g/mol. The Kier molecular flexibility index (Phi) is 3.24. The number of hydrogen-bond acceptors (Lipinski definition) is 4. The van der Waals surface area contributed by atoms with Gasteiger partial charge in [0.2, 0.25) is 5.75 Å². The van der Waals surface area contributed by atoms with E-state index in [4.69, 9.17) is 19.5 Å². The van der Waals surface area contributed by atoms with Crippen LogP contribution < -0.4 is 14.2 Å². The molecule has 2 rings (SSSR count). The number of fused-ring (bicyclic) bond motifs is 1. The van der Waals surface area contributed by atoms with Gasteiger partial charge in [-0.05, 0) is 23.6 Å². The first-order valence-corrected chi connectivity index (χ1v) is 5.38. The van der Waals surface area contributed by atoms with Gasteiger partial charge in [0.1, 0.15) is 0 Å². The molecule has 2 aromatic rings. The van der Waals surface area contributed by atoms with Crippen LogP contribution in [0.2, 0.25) is 0 Å². The van der Waals surface area contributed by atoms with Crippen molar-refractivity contribution in [3.05, 3.63) is 29.8 Å². The zero-order valence-corrected chi connectivity index (χ0v) is 10.5. The molecule has 0 spiro atoms. The van der Waals surface area contributed by atoms with E-state index in [1.807, 2.05) is 12.1 Å². The van der Waals surface area contributed by atoms with Gasteiger partial charge >= 0.3 is 0 Å². The number of methoxy groups -OCH3 is 3. The molecule has 4 nitrogen and oxygen atoms in total. The van der Waals surface area contributed by atoms with Crippen molar-refractivity contribution in [1.82, 2.24) is 0 Å². The summed E-state index contributed by atoms with van der Waals surface area (Å²) in [6.07, 6.45) is 0. The standard InChI is InChI=1S/C14H13NO3/c1-16-12-7-10-5-4-9(8-15)6-11(10)13(17-2)14(12)18-3/h4-7H,1-3H3. The lowest BCUT2D eigenvalue weighted by atomic mass is 10.1. The van der Waals surface area contributed by atoms with Gasteiger partial charge in [-0.2, -0.15) is 5.26 Å². The molecule has 2 aromatic carbocycles. The minimum Gasteiger partial charge on any atom is -0.493 e. The molecule has 0 saturated heterocycles. The second kappa shape index (κ2) is 4.84. The van der Waals surface area contributed by atoms with Crippen LogP contribution in [0.1, 0.15) is 5.56 Å². The third-order valence-corrected chi connectivity index (χ3v) is 2.77. The molecule has 0 N–H and O–H groups in total. The predicted molar refractivity (Wildman–Crippen MR) is 68.3 cm³/mol. The number of nitriles is 1. The fraction of sp³-hybridized carbons (Fsp3) is 0.214. The first-order chi connectivity index (χ1) is 8.74. The van der Waals surface area contributed by atoms with Crippen molar-refractivity contribution in [2.45, 2.75) is 0 Å². The highest BCUT2D eigenvalue weighted by atomic mass is 16.5. The third kappa shape index (κ3) is 1.80. The molecule has 0 aromatic heterocycles. The van der Waals surface area contributed by atoms with Crippen LogP contribution in [0.15, 0.2) is 24.3 Å². The first kappa shape index (κ1) is 12.1. The van der Waals surface area contributed by atoms with Crippen molar-refractivity contribution in [1.29, 1.82) is 5.26 Å². The smallest absolute Gasteiger partial charge is 0.203 e. The Labute approximate surface area is 105 Å². The van der Waals surface area contributed by atoms with Gasteiger partial charge < -0.3 is 14.2 Å². The fourth-order valence-electron chi connectivity index (χ4n) is 1.94. The van der Waals surface area contributed by atoms with Gasteiger partial charge in [0.25, 0.3) is 0 Å². The fourth-order valence-corrected chi connectivity index (χ4v) is 1.94. The highest BCUT2D eigenvalue weighted by molar-refractivity contribution is 5.94. The van der Waals surface area contributed by atoms with E-state index in [0.717, 1.165) is 10.8 Å². The van der Waals surface area contributed by atoms with Crippen molar-refractivity contribution < 1.29 is 14.2 Å². The Bertz CT molecular complexity index is 629. The van der Waals surface area contributed by atoms with E-state index in [9.17, 15) is 0 Å². The van der Waals surface area contributed by atoms with Crippen LogP contribution in [0.3, 0.4) is 0 Å². The minimum atomic E-state index is 0.530. The molecule has 0 atom stereocenters. The average Bonchev–Trinajstić information content (AvgIpc) is 2.44. The lowest BCUT2D eigenvalue weighted by Gasteiger charge is -2.14. The van der Waals surface area contributed by atoms with Crippen molar-refractivity contribution >= 4 is 10.8 Å². The molecule has 92 valence electrons. The van der Waals surface area contributed by atoms with E-state index < -0.39 is 0 Å². The molecule has 0 aliphatic rings. The van der Waals surface area contributed by atoms with Gasteiger partial charge in [-0.3, -0.25) is 0 Å². The summed E-state index contributed by atoms with van der Waals surface area (Å²) in [5.74, 6) is 1.71. The van der Waals surface area contributed by atoms with E-state index in [1.54, 1.807) is 33.5 Å². The molecule has 0 radical (unpaired) electrons. The van der Waals surface area contributed by atoms with Crippen LogP contribution in [-0.4, -0.2) is 21.3 Å². The molecule has 4 heteroatoms. The van der Waals surface area contributed by atoms with Crippen LogP contribution in [0, 0.1) is 11.3 Å². The molecule has 0 fully saturated rings. The Morgan fingerprint density at radius 3 is 2.22 bits per heavy atom. The molecular weight excluding hydrogens is 230 g/mol. The van der Waals surface area contributed by atoms with Gasteiger partial charge in [0.05, 0.1) is 33.0 Å². The molecular formula is C14H13NO3. The second-order valence-corrected chi connectivity index (χ2v) is 3.69. The van der Waals surface area contributed by atoms with Crippen LogP contribution in [0.4, 0.5) is 0 Å². The molecule has 0 amide bonds. The molecule has 0 heterocycles. The maximum Gasteiger partial charge on any atom is 0.203 e. The Balaban J connectivity index is 2.85. The SMILES string of the molecule is COc1cc2ccc(C#N)cc2c(OC)c1OC. The zero-order chi connectivity index (χ0) is 13.1. The van der Waals surface area contributed by atoms with Crippen LogP contribution in [0.5, 0.6) is 17.2 Å². The zero-order valence-electron chi connectivity index (χ0n) is 10.5. The van der Waals surface area contributed by atoms with Crippen molar-refractivity contribution in [2.75, 3.05) is 21.3 Å². The average molecular weight is 243 g/mol. The largest absolute Gasteiger partial charge is 0.493 e. The minimum absolute atomic E-state index is 0.530. The van der Waals surface area contributed by atoms with Crippen molar-refractivity contribution in [3.8, 4) is 23.3 Å². The molecule has 0 aliphatic carbocycles. The predicted octanol–water partition coefficient (Wildman–Crippen LogP) is 2.74. The number of nitrogens with zero attached hydrogens (tertiary/aromatic N) is 1. The summed E-state index contributed by atoms with van der Waals surface area (Å²) in [7, 11) is 4.70. The molecule has 0 unspecified atom stereocenters. The Morgan fingerprint density at radius 1 is 0.944 bits per heavy atom. The molecule has 0 aliphatic heterocycles. The normalized spacial score (nSPS) is 9.89. The van der Waals surface area contributed by atoms with E-state index >= 15 is 0 Å². The highest BCUT2D eigenvalue weighted by Gasteiger charge is 2.15. The van der Waals surface area contributed by atoms with Crippen LogP contribution >= 0.6 is 0 Å².